The number of nitrogens with two attached hydrogens (primary N) is 1. The maximum absolute atomic E-state index is 5.38. The molecule has 2 heteroatoms. The third kappa shape index (κ3) is 5.33. The van der Waals surface area contributed by atoms with Crippen molar-refractivity contribution >= 4 is 12.6 Å². The van der Waals surface area contributed by atoms with Crippen molar-refractivity contribution in [3.63, 3.8) is 0 Å². The van der Waals surface area contributed by atoms with Crippen LogP contribution < -0.4 is 5.73 Å². The van der Waals surface area contributed by atoms with E-state index in [0.29, 0.717) is 5.25 Å². The molecule has 0 amide bonds. The first-order valence-electron chi connectivity index (χ1n) is 4.28. The molecule has 0 saturated carbocycles. The number of rotatable bonds is 6. The monoisotopic (exact) mass is 173 g/mol. The SMILES string of the molecule is C=C(CC)C(S)CCCCN. The summed E-state index contributed by atoms with van der Waals surface area (Å²) in [5.74, 6) is 0. The van der Waals surface area contributed by atoms with Crippen LogP contribution in [0.2, 0.25) is 0 Å². The summed E-state index contributed by atoms with van der Waals surface area (Å²) < 4.78 is 0. The summed E-state index contributed by atoms with van der Waals surface area (Å²) in [6.45, 7) is 6.85. The summed E-state index contributed by atoms with van der Waals surface area (Å²) in [6.07, 6.45) is 4.43. The van der Waals surface area contributed by atoms with E-state index in [9.17, 15) is 0 Å². The van der Waals surface area contributed by atoms with Gasteiger partial charge < -0.3 is 5.73 Å². The highest BCUT2D eigenvalue weighted by Gasteiger charge is 2.04. The van der Waals surface area contributed by atoms with Gasteiger partial charge in [-0.15, -0.1) is 0 Å². The summed E-state index contributed by atoms with van der Waals surface area (Å²) in [5, 5.41) is 0.381. The molecule has 0 aromatic rings. The fourth-order valence-electron chi connectivity index (χ4n) is 0.922. The van der Waals surface area contributed by atoms with Gasteiger partial charge in [-0.25, -0.2) is 0 Å². The lowest BCUT2D eigenvalue weighted by Gasteiger charge is -2.11. The predicted octanol–water partition coefficient (Wildman–Crippen LogP) is 2.38. The summed E-state index contributed by atoms with van der Waals surface area (Å²) in [6, 6.07) is 0. The first kappa shape index (κ1) is 11.1. The number of unbranched alkanes of at least 4 members (excludes halogenated alkanes) is 1. The Balaban J connectivity index is 3.36. The molecule has 0 saturated heterocycles. The number of hydrogen-bond donors (Lipinski definition) is 2. The smallest absolute Gasteiger partial charge is 0.0223 e. The molecule has 11 heavy (non-hydrogen) atoms. The second-order valence-corrected chi connectivity index (χ2v) is 3.44. The molecule has 0 aliphatic heterocycles. The average molecular weight is 173 g/mol. The predicted molar refractivity (Wildman–Crippen MR) is 55.1 cm³/mol. The van der Waals surface area contributed by atoms with E-state index in [2.05, 4.69) is 26.1 Å². The second kappa shape index (κ2) is 6.74. The lowest BCUT2D eigenvalue weighted by atomic mass is 10.1. The minimum absolute atomic E-state index is 0.381. The fourth-order valence-corrected chi connectivity index (χ4v) is 1.29. The minimum Gasteiger partial charge on any atom is -0.330 e. The molecule has 0 aromatic carbocycles. The van der Waals surface area contributed by atoms with Gasteiger partial charge in [-0.3, -0.25) is 0 Å². The molecule has 0 heterocycles. The Morgan fingerprint density at radius 3 is 2.64 bits per heavy atom. The zero-order valence-electron chi connectivity index (χ0n) is 7.34. The van der Waals surface area contributed by atoms with Crippen molar-refractivity contribution < 1.29 is 0 Å². The van der Waals surface area contributed by atoms with E-state index >= 15 is 0 Å². The molecular formula is C9H19NS. The van der Waals surface area contributed by atoms with Crippen LogP contribution in [0.3, 0.4) is 0 Å². The molecule has 0 bridgehead atoms. The van der Waals surface area contributed by atoms with Crippen molar-refractivity contribution in [3.05, 3.63) is 12.2 Å². The zero-order valence-corrected chi connectivity index (χ0v) is 8.24. The van der Waals surface area contributed by atoms with Gasteiger partial charge in [-0.05, 0) is 25.8 Å². The normalized spacial score (nSPS) is 13.0. The molecule has 0 radical (unpaired) electrons. The summed E-state index contributed by atoms with van der Waals surface area (Å²) in [5.41, 5.74) is 6.62. The first-order valence-corrected chi connectivity index (χ1v) is 4.79. The molecular weight excluding hydrogens is 154 g/mol. The zero-order chi connectivity index (χ0) is 8.69. The summed E-state index contributed by atoms with van der Waals surface area (Å²) in [4.78, 5) is 0. The van der Waals surface area contributed by atoms with Crippen molar-refractivity contribution in [2.75, 3.05) is 6.54 Å². The molecule has 0 aliphatic rings. The van der Waals surface area contributed by atoms with Crippen molar-refractivity contribution in [1.29, 1.82) is 0 Å². The molecule has 0 spiro atoms. The lowest BCUT2D eigenvalue weighted by molar-refractivity contribution is 0.687. The van der Waals surface area contributed by atoms with Crippen molar-refractivity contribution in [2.24, 2.45) is 5.73 Å². The molecule has 0 fully saturated rings. The van der Waals surface area contributed by atoms with Crippen LogP contribution in [0.4, 0.5) is 0 Å². The van der Waals surface area contributed by atoms with E-state index in [1.54, 1.807) is 0 Å². The van der Waals surface area contributed by atoms with Crippen LogP contribution in [0.1, 0.15) is 32.6 Å². The van der Waals surface area contributed by atoms with E-state index in [1.807, 2.05) is 0 Å². The number of hydrogen-bond acceptors (Lipinski definition) is 2. The molecule has 1 nitrogen and oxygen atoms in total. The van der Waals surface area contributed by atoms with Crippen molar-refractivity contribution in [1.82, 2.24) is 0 Å². The standard InChI is InChI=1S/C9H19NS/c1-3-8(2)9(11)6-4-5-7-10/h9,11H,2-7,10H2,1H3. The third-order valence-corrected chi connectivity index (χ3v) is 2.48. The minimum atomic E-state index is 0.381. The molecule has 0 aromatic heterocycles. The molecule has 1 atom stereocenters. The summed E-state index contributed by atoms with van der Waals surface area (Å²) in [7, 11) is 0. The van der Waals surface area contributed by atoms with Crippen molar-refractivity contribution in [2.45, 2.75) is 37.9 Å². The van der Waals surface area contributed by atoms with Crippen LogP contribution in [0.15, 0.2) is 12.2 Å². The van der Waals surface area contributed by atoms with Gasteiger partial charge in [0.2, 0.25) is 0 Å². The average Bonchev–Trinajstić information content (AvgIpc) is 2.03. The number of thiol groups is 1. The topological polar surface area (TPSA) is 26.0 Å². The maximum Gasteiger partial charge on any atom is 0.0223 e. The highest BCUT2D eigenvalue weighted by atomic mass is 32.1. The highest BCUT2D eigenvalue weighted by molar-refractivity contribution is 7.81. The molecule has 0 rings (SSSR count). The van der Waals surface area contributed by atoms with Gasteiger partial charge in [-0.1, -0.05) is 25.5 Å². The van der Waals surface area contributed by atoms with E-state index in [0.717, 1.165) is 25.8 Å². The van der Waals surface area contributed by atoms with Gasteiger partial charge in [0.15, 0.2) is 0 Å². The first-order chi connectivity index (χ1) is 5.22. The third-order valence-electron chi connectivity index (χ3n) is 1.86. The van der Waals surface area contributed by atoms with Crippen LogP contribution in [0, 0.1) is 0 Å². The van der Waals surface area contributed by atoms with Gasteiger partial charge in [0.05, 0.1) is 0 Å². The lowest BCUT2D eigenvalue weighted by Crippen LogP contribution is -2.04. The maximum atomic E-state index is 5.38. The van der Waals surface area contributed by atoms with E-state index in [4.69, 9.17) is 5.73 Å². The van der Waals surface area contributed by atoms with Crippen LogP contribution in [0.5, 0.6) is 0 Å². The largest absolute Gasteiger partial charge is 0.330 e. The van der Waals surface area contributed by atoms with Gasteiger partial charge in [-0.2, -0.15) is 12.6 Å². The van der Waals surface area contributed by atoms with Crippen LogP contribution >= 0.6 is 12.6 Å². The second-order valence-electron chi connectivity index (χ2n) is 2.81. The van der Waals surface area contributed by atoms with Crippen molar-refractivity contribution in [3.8, 4) is 0 Å². The van der Waals surface area contributed by atoms with E-state index in [1.165, 1.54) is 12.0 Å². The van der Waals surface area contributed by atoms with Crippen LogP contribution in [0.25, 0.3) is 0 Å². The quantitative estimate of drug-likeness (QED) is 0.360. The Kier molecular flexibility index (Phi) is 6.77. The van der Waals surface area contributed by atoms with Gasteiger partial charge in [0, 0.05) is 5.25 Å². The Hall–Kier alpha value is 0.0500. The molecule has 0 aliphatic carbocycles. The Morgan fingerprint density at radius 1 is 1.55 bits per heavy atom. The van der Waals surface area contributed by atoms with E-state index < -0.39 is 0 Å². The van der Waals surface area contributed by atoms with Gasteiger partial charge in [0.25, 0.3) is 0 Å². The fraction of sp³-hybridized carbons (Fsp3) is 0.778. The molecule has 2 N–H and O–H groups in total. The van der Waals surface area contributed by atoms with Crippen LogP contribution in [-0.4, -0.2) is 11.8 Å². The van der Waals surface area contributed by atoms with Crippen LogP contribution in [-0.2, 0) is 0 Å². The Labute approximate surface area is 75.5 Å². The van der Waals surface area contributed by atoms with E-state index in [-0.39, 0.29) is 0 Å². The van der Waals surface area contributed by atoms with Gasteiger partial charge in [0.1, 0.15) is 0 Å². The molecule has 66 valence electrons. The summed E-state index contributed by atoms with van der Waals surface area (Å²) >= 11 is 4.44. The highest BCUT2D eigenvalue weighted by Crippen LogP contribution is 2.16. The Morgan fingerprint density at radius 2 is 2.18 bits per heavy atom. The van der Waals surface area contributed by atoms with Gasteiger partial charge >= 0.3 is 0 Å². The molecule has 1 unspecified atom stereocenters. The Bertz CT molecular complexity index is 112.